The highest BCUT2D eigenvalue weighted by molar-refractivity contribution is 9.09. The zero-order valence-electron chi connectivity index (χ0n) is 14.0. The maximum atomic E-state index is 13.1. The van der Waals surface area contributed by atoms with E-state index < -0.39 is 0 Å². The van der Waals surface area contributed by atoms with E-state index in [-0.39, 0.29) is 11.8 Å². The van der Waals surface area contributed by atoms with Gasteiger partial charge < -0.3 is 0 Å². The largest absolute Gasteiger partial charge is 0.299 e. The lowest BCUT2D eigenvalue weighted by Crippen LogP contribution is -2.35. The summed E-state index contributed by atoms with van der Waals surface area (Å²) in [5.41, 5.74) is 0. The van der Waals surface area contributed by atoms with E-state index in [2.05, 4.69) is 31.9 Å². The summed E-state index contributed by atoms with van der Waals surface area (Å²) in [5, 5.41) is 0. The fraction of sp³-hybridized carbons (Fsp3) is 0.900. The maximum absolute atomic E-state index is 13.1. The van der Waals surface area contributed by atoms with Gasteiger partial charge in [-0.15, -0.1) is 0 Å². The quantitative estimate of drug-likeness (QED) is 0.491. The number of halogens is 2. The molecule has 0 aromatic rings. The van der Waals surface area contributed by atoms with Crippen molar-refractivity contribution in [2.75, 3.05) is 0 Å². The molecule has 2 nitrogen and oxygen atoms in total. The lowest BCUT2D eigenvalue weighted by atomic mass is 9.65. The Labute approximate surface area is 161 Å². The number of fused-ring (bicyclic) bond motifs is 6. The molecule has 5 fully saturated rings. The van der Waals surface area contributed by atoms with Crippen LogP contribution in [0, 0.1) is 47.3 Å². The van der Waals surface area contributed by atoms with Gasteiger partial charge in [0.05, 0.1) is 0 Å². The molecule has 24 heavy (non-hydrogen) atoms. The zero-order chi connectivity index (χ0) is 16.6. The SMILES string of the molecule is O=C1C2CC(Br)CCC2C2CC3C(=O)C4CC(Br)CCC4C3CC12. The van der Waals surface area contributed by atoms with E-state index in [0.29, 0.717) is 56.7 Å². The number of carbonyl (C=O) groups is 2. The number of ketones is 2. The molecule has 132 valence electrons. The molecule has 0 aliphatic heterocycles. The maximum Gasteiger partial charge on any atom is 0.139 e. The summed E-state index contributed by atoms with van der Waals surface area (Å²) in [7, 11) is 0. The van der Waals surface area contributed by atoms with Gasteiger partial charge in [0.2, 0.25) is 0 Å². The normalized spacial score (nSPS) is 56.4. The molecule has 0 N–H and O–H groups in total. The van der Waals surface area contributed by atoms with Gasteiger partial charge in [-0.1, -0.05) is 31.9 Å². The molecule has 10 atom stereocenters. The van der Waals surface area contributed by atoms with Crippen molar-refractivity contribution in [3.8, 4) is 0 Å². The van der Waals surface area contributed by atoms with E-state index in [4.69, 9.17) is 0 Å². The van der Waals surface area contributed by atoms with Crippen molar-refractivity contribution in [2.45, 2.75) is 61.0 Å². The molecule has 5 rings (SSSR count). The summed E-state index contributed by atoms with van der Waals surface area (Å²) in [6.07, 6.45) is 8.94. The Morgan fingerprint density at radius 2 is 0.917 bits per heavy atom. The van der Waals surface area contributed by atoms with Crippen molar-refractivity contribution in [1.82, 2.24) is 0 Å². The topological polar surface area (TPSA) is 34.1 Å². The third-order valence-corrected chi connectivity index (χ3v) is 9.99. The molecule has 5 aliphatic carbocycles. The summed E-state index contributed by atoms with van der Waals surface area (Å²) in [5.74, 6) is 4.49. The second-order valence-electron chi connectivity index (χ2n) is 9.18. The molecule has 0 bridgehead atoms. The van der Waals surface area contributed by atoms with E-state index in [1.165, 1.54) is 25.7 Å². The van der Waals surface area contributed by atoms with Gasteiger partial charge in [0.1, 0.15) is 11.6 Å². The van der Waals surface area contributed by atoms with Crippen molar-refractivity contribution in [1.29, 1.82) is 0 Å². The summed E-state index contributed by atoms with van der Waals surface area (Å²) < 4.78 is 0. The van der Waals surface area contributed by atoms with Crippen molar-refractivity contribution in [3.63, 3.8) is 0 Å². The van der Waals surface area contributed by atoms with Crippen LogP contribution in [0.1, 0.15) is 51.4 Å². The fourth-order valence-corrected chi connectivity index (χ4v) is 8.71. The predicted molar refractivity (Wildman–Crippen MR) is 100 cm³/mol. The molecule has 0 saturated heterocycles. The van der Waals surface area contributed by atoms with Gasteiger partial charge in [0, 0.05) is 33.3 Å². The van der Waals surface area contributed by atoms with Gasteiger partial charge in [0.25, 0.3) is 0 Å². The minimum absolute atomic E-state index is 0.285. The standard InChI is InChI=1S/C20H26Br2O2/c21-9-1-3-11-13-7-18-14(8-17(13)19(23)15(11)5-9)12-4-2-10(22)6-16(12)20(18)24/h9-18H,1-8H2. The number of carbonyl (C=O) groups excluding carboxylic acids is 2. The molecule has 0 radical (unpaired) electrons. The molecular weight excluding hydrogens is 432 g/mol. The van der Waals surface area contributed by atoms with Crippen LogP contribution >= 0.6 is 31.9 Å². The molecular formula is C20H26Br2O2. The molecule has 10 unspecified atom stereocenters. The Hall–Kier alpha value is 0.300. The predicted octanol–water partition coefficient (Wildman–Crippen LogP) is 4.77. The Balaban J connectivity index is 1.42. The van der Waals surface area contributed by atoms with Crippen LogP contribution in [0.5, 0.6) is 0 Å². The zero-order valence-corrected chi connectivity index (χ0v) is 17.2. The van der Waals surface area contributed by atoms with Crippen LogP contribution in [0.2, 0.25) is 0 Å². The fourth-order valence-electron chi connectivity index (χ4n) is 7.38. The average molecular weight is 458 g/mol. The molecule has 4 heteroatoms. The first-order valence-corrected chi connectivity index (χ1v) is 11.7. The first kappa shape index (κ1) is 16.5. The van der Waals surface area contributed by atoms with Crippen LogP contribution in [-0.4, -0.2) is 21.2 Å². The molecule has 0 heterocycles. The Bertz CT molecular complexity index is 526. The van der Waals surface area contributed by atoms with E-state index in [1.54, 1.807) is 0 Å². The van der Waals surface area contributed by atoms with Crippen LogP contribution in [0.25, 0.3) is 0 Å². The summed E-state index contributed by atoms with van der Waals surface area (Å²) in [4.78, 5) is 27.2. The molecule has 0 aromatic carbocycles. The van der Waals surface area contributed by atoms with Crippen LogP contribution in [0.15, 0.2) is 0 Å². The van der Waals surface area contributed by atoms with E-state index in [1.807, 2.05) is 0 Å². The van der Waals surface area contributed by atoms with Gasteiger partial charge in [-0.3, -0.25) is 9.59 Å². The summed E-state index contributed by atoms with van der Waals surface area (Å²) >= 11 is 7.50. The van der Waals surface area contributed by atoms with Crippen LogP contribution in [-0.2, 0) is 9.59 Å². The van der Waals surface area contributed by atoms with E-state index >= 15 is 0 Å². The smallest absolute Gasteiger partial charge is 0.139 e. The van der Waals surface area contributed by atoms with Crippen molar-refractivity contribution < 1.29 is 9.59 Å². The average Bonchev–Trinajstić information content (AvgIpc) is 2.99. The Morgan fingerprint density at radius 1 is 0.542 bits per heavy atom. The van der Waals surface area contributed by atoms with E-state index in [9.17, 15) is 9.59 Å². The van der Waals surface area contributed by atoms with Crippen molar-refractivity contribution >= 4 is 43.4 Å². The molecule has 5 saturated carbocycles. The number of hydrogen-bond donors (Lipinski definition) is 0. The number of alkyl halides is 2. The summed E-state index contributed by atoms with van der Waals surface area (Å²) in [6, 6.07) is 0. The molecule has 0 aromatic heterocycles. The Morgan fingerprint density at radius 3 is 1.33 bits per heavy atom. The van der Waals surface area contributed by atoms with Crippen molar-refractivity contribution in [3.05, 3.63) is 0 Å². The second kappa shape index (κ2) is 5.90. The molecule has 0 spiro atoms. The number of rotatable bonds is 0. The minimum Gasteiger partial charge on any atom is -0.299 e. The lowest BCUT2D eigenvalue weighted by molar-refractivity contribution is -0.129. The number of hydrogen-bond acceptors (Lipinski definition) is 2. The number of Topliss-reactive ketones (excluding diaryl/α,β-unsaturated/α-hetero) is 2. The van der Waals surface area contributed by atoms with Crippen molar-refractivity contribution in [2.24, 2.45) is 47.3 Å². The van der Waals surface area contributed by atoms with Crippen LogP contribution < -0.4 is 0 Å². The monoisotopic (exact) mass is 456 g/mol. The van der Waals surface area contributed by atoms with Crippen LogP contribution in [0.4, 0.5) is 0 Å². The second-order valence-corrected chi connectivity index (χ2v) is 11.8. The third-order valence-electron chi connectivity index (χ3n) is 8.33. The van der Waals surface area contributed by atoms with Gasteiger partial charge in [-0.05, 0) is 75.0 Å². The third kappa shape index (κ3) is 2.30. The van der Waals surface area contributed by atoms with Gasteiger partial charge in [0.15, 0.2) is 0 Å². The van der Waals surface area contributed by atoms with Gasteiger partial charge in [-0.25, -0.2) is 0 Å². The minimum atomic E-state index is 0.285. The first-order valence-electron chi connectivity index (χ1n) is 9.90. The highest BCUT2D eigenvalue weighted by Gasteiger charge is 2.60. The lowest BCUT2D eigenvalue weighted by Gasteiger charge is -2.39. The first-order chi connectivity index (χ1) is 11.5. The van der Waals surface area contributed by atoms with Gasteiger partial charge >= 0.3 is 0 Å². The van der Waals surface area contributed by atoms with E-state index in [0.717, 1.165) is 25.7 Å². The highest BCUT2D eigenvalue weighted by atomic mass is 79.9. The highest BCUT2D eigenvalue weighted by Crippen LogP contribution is 2.61. The molecule has 0 amide bonds. The summed E-state index contributed by atoms with van der Waals surface area (Å²) in [6.45, 7) is 0. The Kier molecular flexibility index (Phi) is 4.05. The molecule has 5 aliphatic rings. The van der Waals surface area contributed by atoms with Gasteiger partial charge in [-0.2, -0.15) is 0 Å². The van der Waals surface area contributed by atoms with Crippen LogP contribution in [0.3, 0.4) is 0 Å².